The van der Waals surface area contributed by atoms with E-state index in [2.05, 4.69) is 6.92 Å². The molecule has 0 aromatic rings. The Hall–Kier alpha value is -0.990. The fourth-order valence-electron chi connectivity index (χ4n) is 0.812. The maximum Gasteiger partial charge on any atom is 0.373 e. The fraction of sp³-hybridized carbons (Fsp3) is 0.600. The lowest BCUT2D eigenvalue weighted by atomic mass is 10.2. The van der Waals surface area contributed by atoms with E-state index in [-0.39, 0.29) is 5.76 Å². The molecule has 0 rings (SSSR count). The summed E-state index contributed by atoms with van der Waals surface area (Å²) in [5.41, 5.74) is 0. The first-order valence-corrected chi connectivity index (χ1v) is 4.54. The summed E-state index contributed by atoms with van der Waals surface area (Å²) in [5.74, 6) is -0.964. The van der Waals surface area contributed by atoms with Gasteiger partial charge in [0.05, 0.1) is 6.61 Å². The molecule has 0 aliphatic heterocycles. The van der Waals surface area contributed by atoms with E-state index >= 15 is 0 Å². The van der Waals surface area contributed by atoms with Crippen LogP contribution in [0, 0.1) is 6.92 Å². The van der Waals surface area contributed by atoms with E-state index in [1.54, 1.807) is 6.92 Å². The van der Waals surface area contributed by atoms with Gasteiger partial charge in [-0.05, 0) is 19.4 Å². The number of rotatable bonds is 6. The van der Waals surface area contributed by atoms with Crippen LogP contribution >= 0.6 is 0 Å². The standard InChI is InChI=1S/C10H17O3/c1-3-5-6-7-8-13-10(12)9(11)4-2/h4,11H,1,3,5-8H2,2H3. The SMILES string of the molecule is [CH2]CCCCCOC(=O)C(O)=CC. The van der Waals surface area contributed by atoms with Gasteiger partial charge in [-0.25, -0.2) is 4.79 Å². The van der Waals surface area contributed by atoms with Crippen LogP contribution in [0.3, 0.4) is 0 Å². The second-order valence-electron chi connectivity index (χ2n) is 2.72. The maximum absolute atomic E-state index is 10.9. The molecule has 0 aliphatic carbocycles. The zero-order valence-corrected chi connectivity index (χ0v) is 8.08. The molecule has 0 fully saturated rings. The average Bonchev–Trinajstić information content (AvgIpc) is 2.16. The van der Waals surface area contributed by atoms with E-state index in [1.807, 2.05) is 0 Å². The van der Waals surface area contributed by atoms with Gasteiger partial charge < -0.3 is 9.84 Å². The monoisotopic (exact) mass is 185 g/mol. The second-order valence-corrected chi connectivity index (χ2v) is 2.72. The van der Waals surface area contributed by atoms with Crippen molar-refractivity contribution in [2.75, 3.05) is 6.61 Å². The van der Waals surface area contributed by atoms with E-state index in [0.717, 1.165) is 25.7 Å². The normalized spacial score (nSPS) is 11.4. The molecule has 1 radical (unpaired) electrons. The van der Waals surface area contributed by atoms with Crippen molar-refractivity contribution in [3.8, 4) is 0 Å². The van der Waals surface area contributed by atoms with E-state index in [1.165, 1.54) is 6.08 Å². The number of unbranched alkanes of at least 4 members (excludes halogenated alkanes) is 3. The second kappa shape index (κ2) is 7.65. The number of hydrogen-bond acceptors (Lipinski definition) is 3. The molecule has 0 saturated heterocycles. The van der Waals surface area contributed by atoms with Gasteiger partial charge in [0.2, 0.25) is 0 Å². The number of carbonyl (C=O) groups is 1. The van der Waals surface area contributed by atoms with Crippen LogP contribution in [-0.2, 0) is 9.53 Å². The number of allylic oxidation sites excluding steroid dienone is 1. The van der Waals surface area contributed by atoms with Gasteiger partial charge >= 0.3 is 5.97 Å². The Morgan fingerprint density at radius 2 is 2.15 bits per heavy atom. The Bertz CT molecular complexity index is 173. The van der Waals surface area contributed by atoms with E-state index in [0.29, 0.717) is 6.61 Å². The van der Waals surface area contributed by atoms with Gasteiger partial charge in [0.15, 0.2) is 5.76 Å². The van der Waals surface area contributed by atoms with Gasteiger partial charge in [0.1, 0.15) is 0 Å². The molecule has 0 unspecified atom stereocenters. The van der Waals surface area contributed by atoms with Crippen LogP contribution in [0.1, 0.15) is 32.6 Å². The Morgan fingerprint density at radius 1 is 1.46 bits per heavy atom. The predicted molar refractivity (Wildman–Crippen MR) is 51.2 cm³/mol. The summed E-state index contributed by atoms with van der Waals surface area (Å²) in [6.45, 7) is 5.66. The lowest BCUT2D eigenvalue weighted by Crippen LogP contribution is -2.08. The van der Waals surface area contributed by atoms with E-state index in [9.17, 15) is 4.79 Å². The minimum Gasteiger partial charge on any atom is -0.502 e. The van der Waals surface area contributed by atoms with Crippen molar-refractivity contribution in [2.45, 2.75) is 32.6 Å². The first-order chi connectivity index (χ1) is 6.22. The molecule has 3 heteroatoms. The Kier molecular flexibility index (Phi) is 7.07. The molecule has 13 heavy (non-hydrogen) atoms. The minimum atomic E-state index is -0.642. The molecule has 0 saturated carbocycles. The van der Waals surface area contributed by atoms with Gasteiger partial charge in [0.25, 0.3) is 0 Å². The van der Waals surface area contributed by atoms with Crippen molar-refractivity contribution in [3.63, 3.8) is 0 Å². The summed E-state index contributed by atoms with van der Waals surface area (Å²) >= 11 is 0. The summed E-state index contributed by atoms with van der Waals surface area (Å²) in [6, 6.07) is 0. The average molecular weight is 185 g/mol. The topological polar surface area (TPSA) is 46.5 Å². The number of ether oxygens (including phenoxy) is 1. The first-order valence-electron chi connectivity index (χ1n) is 4.54. The van der Waals surface area contributed by atoms with Gasteiger partial charge in [0, 0.05) is 0 Å². The van der Waals surface area contributed by atoms with Crippen LogP contribution in [0.5, 0.6) is 0 Å². The molecule has 0 bridgehead atoms. The van der Waals surface area contributed by atoms with Crippen molar-refractivity contribution >= 4 is 5.97 Å². The van der Waals surface area contributed by atoms with E-state index in [4.69, 9.17) is 9.84 Å². The molecule has 0 aromatic heterocycles. The zero-order chi connectivity index (χ0) is 10.1. The zero-order valence-electron chi connectivity index (χ0n) is 8.08. The van der Waals surface area contributed by atoms with Crippen LogP contribution < -0.4 is 0 Å². The van der Waals surface area contributed by atoms with Crippen molar-refractivity contribution in [3.05, 3.63) is 18.8 Å². The van der Waals surface area contributed by atoms with Crippen molar-refractivity contribution in [1.82, 2.24) is 0 Å². The lowest BCUT2D eigenvalue weighted by molar-refractivity contribution is -0.142. The first kappa shape index (κ1) is 12.0. The molecular formula is C10H17O3. The largest absolute Gasteiger partial charge is 0.502 e. The van der Waals surface area contributed by atoms with Crippen LogP contribution in [0.4, 0.5) is 0 Å². The Morgan fingerprint density at radius 3 is 2.69 bits per heavy atom. The molecule has 0 aliphatic rings. The number of esters is 1. The van der Waals surface area contributed by atoms with Crippen molar-refractivity contribution < 1.29 is 14.6 Å². The Labute approximate surface area is 79.4 Å². The van der Waals surface area contributed by atoms with Gasteiger partial charge in [-0.1, -0.05) is 26.2 Å². The summed E-state index contributed by atoms with van der Waals surface area (Å²) in [6.07, 6.45) is 5.12. The van der Waals surface area contributed by atoms with Crippen LogP contribution in [-0.4, -0.2) is 17.7 Å². The molecule has 0 heterocycles. The number of aliphatic hydroxyl groups excluding tert-OH is 1. The summed E-state index contributed by atoms with van der Waals surface area (Å²) in [4.78, 5) is 10.9. The van der Waals surface area contributed by atoms with Crippen LogP contribution in [0.25, 0.3) is 0 Å². The summed E-state index contributed by atoms with van der Waals surface area (Å²) in [7, 11) is 0. The number of hydrogen-bond donors (Lipinski definition) is 1. The molecule has 0 spiro atoms. The van der Waals surface area contributed by atoms with E-state index < -0.39 is 5.97 Å². The quantitative estimate of drug-likeness (QED) is 0.299. The Balaban J connectivity index is 3.38. The third-order valence-electron chi connectivity index (χ3n) is 1.61. The van der Waals surface area contributed by atoms with Gasteiger partial charge in [-0.2, -0.15) is 0 Å². The third-order valence-corrected chi connectivity index (χ3v) is 1.61. The smallest absolute Gasteiger partial charge is 0.373 e. The molecular weight excluding hydrogens is 168 g/mol. The lowest BCUT2D eigenvalue weighted by Gasteiger charge is -2.02. The highest BCUT2D eigenvalue weighted by molar-refractivity contribution is 5.85. The van der Waals surface area contributed by atoms with Crippen molar-refractivity contribution in [1.29, 1.82) is 0 Å². The highest BCUT2D eigenvalue weighted by Crippen LogP contribution is 2.00. The van der Waals surface area contributed by atoms with Crippen LogP contribution in [0.2, 0.25) is 0 Å². The third kappa shape index (κ3) is 6.20. The molecule has 0 amide bonds. The highest BCUT2D eigenvalue weighted by Gasteiger charge is 2.06. The highest BCUT2D eigenvalue weighted by atomic mass is 16.5. The molecule has 0 aromatic carbocycles. The minimum absolute atomic E-state index is 0.322. The van der Waals surface area contributed by atoms with Gasteiger partial charge in [-0.15, -0.1) is 0 Å². The fourth-order valence-corrected chi connectivity index (χ4v) is 0.812. The molecule has 0 atom stereocenters. The van der Waals surface area contributed by atoms with Gasteiger partial charge in [-0.3, -0.25) is 0 Å². The summed E-state index contributed by atoms with van der Waals surface area (Å²) in [5, 5.41) is 8.91. The number of carbonyl (C=O) groups excluding carboxylic acids is 1. The van der Waals surface area contributed by atoms with Crippen molar-refractivity contribution in [2.24, 2.45) is 0 Å². The van der Waals surface area contributed by atoms with Crippen LogP contribution in [0.15, 0.2) is 11.8 Å². The number of aliphatic hydroxyl groups is 1. The maximum atomic E-state index is 10.9. The molecule has 75 valence electrons. The predicted octanol–water partition coefficient (Wildman–Crippen LogP) is 2.39. The molecule has 3 nitrogen and oxygen atoms in total. The molecule has 1 N–H and O–H groups in total. The summed E-state index contributed by atoms with van der Waals surface area (Å²) < 4.78 is 4.76.